The predicted molar refractivity (Wildman–Crippen MR) is 69.5 cm³/mol. The Bertz CT molecular complexity index is 525. The standard InChI is InChI=1S/C12H15N5O2/c1-19-12(18)15-8-4-5-17(7-8)11-3-2-9(14)10(6-13)16-11/h2-3,8H,4-5,7,14H2,1H3,(H,15,18). The van der Waals surface area contributed by atoms with E-state index in [1.165, 1.54) is 7.11 Å². The van der Waals surface area contributed by atoms with Crippen LogP contribution in [0.25, 0.3) is 0 Å². The lowest BCUT2D eigenvalue weighted by atomic mass is 10.3. The Kier molecular flexibility index (Phi) is 3.71. The van der Waals surface area contributed by atoms with Gasteiger partial charge in [-0.05, 0) is 18.6 Å². The van der Waals surface area contributed by atoms with Gasteiger partial charge < -0.3 is 20.7 Å². The van der Waals surface area contributed by atoms with E-state index in [1.807, 2.05) is 11.0 Å². The number of nitrogens with one attached hydrogen (secondary N) is 1. The summed E-state index contributed by atoms with van der Waals surface area (Å²) in [6.45, 7) is 1.40. The average Bonchev–Trinajstić information content (AvgIpc) is 2.87. The van der Waals surface area contributed by atoms with Crippen LogP contribution in [0.15, 0.2) is 12.1 Å². The third-order valence-electron chi connectivity index (χ3n) is 3.04. The first-order valence-corrected chi connectivity index (χ1v) is 5.90. The third-order valence-corrected chi connectivity index (χ3v) is 3.04. The number of nitriles is 1. The van der Waals surface area contributed by atoms with Gasteiger partial charge in [-0.2, -0.15) is 5.26 Å². The maximum absolute atomic E-state index is 11.1. The summed E-state index contributed by atoms with van der Waals surface area (Å²) in [5, 5.41) is 11.7. The lowest BCUT2D eigenvalue weighted by Gasteiger charge is -2.18. The van der Waals surface area contributed by atoms with Crippen LogP contribution in [0, 0.1) is 11.3 Å². The highest BCUT2D eigenvalue weighted by atomic mass is 16.5. The van der Waals surface area contributed by atoms with Gasteiger partial charge in [0.05, 0.1) is 18.8 Å². The van der Waals surface area contributed by atoms with Gasteiger partial charge in [0.15, 0.2) is 5.69 Å². The van der Waals surface area contributed by atoms with Crippen molar-refractivity contribution in [2.75, 3.05) is 30.8 Å². The smallest absolute Gasteiger partial charge is 0.407 e. The lowest BCUT2D eigenvalue weighted by Crippen LogP contribution is -2.37. The summed E-state index contributed by atoms with van der Waals surface area (Å²) in [6.07, 6.45) is 0.373. The zero-order valence-corrected chi connectivity index (χ0v) is 10.6. The van der Waals surface area contributed by atoms with E-state index in [1.54, 1.807) is 12.1 Å². The topological polar surface area (TPSA) is 104 Å². The molecule has 1 aromatic rings. The van der Waals surface area contributed by atoms with E-state index in [0.717, 1.165) is 13.0 Å². The molecule has 2 rings (SSSR count). The van der Waals surface area contributed by atoms with Crippen LogP contribution < -0.4 is 16.0 Å². The monoisotopic (exact) mass is 261 g/mol. The van der Waals surface area contributed by atoms with Crippen molar-refractivity contribution in [2.45, 2.75) is 12.5 Å². The quantitative estimate of drug-likeness (QED) is 0.802. The van der Waals surface area contributed by atoms with Crippen molar-refractivity contribution < 1.29 is 9.53 Å². The predicted octanol–water partition coefficient (Wildman–Crippen LogP) is 0.470. The highest BCUT2D eigenvalue weighted by Crippen LogP contribution is 2.20. The van der Waals surface area contributed by atoms with Crippen molar-refractivity contribution in [3.63, 3.8) is 0 Å². The van der Waals surface area contributed by atoms with Gasteiger partial charge in [-0.25, -0.2) is 9.78 Å². The number of anilines is 2. The molecule has 1 fully saturated rings. The molecule has 1 aromatic heterocycles. The van der Waals surface area contributed by atoms with E-state index in [0.29, 0.717) is 18.1 Å². The van der Waals surface area contributed by atoms with Crippen molar-refractivity contribution in [3.8, 4) is 6.07 Å². The SMILES string of the molecule is COC(=O)NC1CCN(c2ccc(N)c(C#N)n2)C1. The van der Waals surface area contributed by atoms with Crippen molar-refractivity contribution in [3.05, 3.63) is 17.8 Å². The Morgan fingerprint density at radius 2 is 2.47 bits per heavy atom. The number of pyridine rings is 1. The van der Waals surface area contributed by atoms with Crippen LogP contribution in [0.4, 0.5) is 16.3 Å². The molecular weight excluding hydrogens is 246 g/mol. The molecule has 0 aliphatic carbocycles. The maximum Gasteiger partial charge on any atom is 0.407 e. The third kappa shape index (κ3) is 2.85. The molecule has 1 saturated heterocycles. The van der Waals surface area contributed by atoms with Crippen molar-refractivity contribution in [1.82, 2.24) is 10.3 Å². The average molecular weight is 261 g/mol. The van der Waals surface area contributed by atoms with E-state index in [9.17, 15) is 4.79 Å². The molecule has 0 bridgehead atoms. The fourth-order valence-electron chi connectivity index (χ4n) is 2.04. The molecule has 1 aliphatic rings. The van der Waals surface area contributed by atoms with Gasteiger partial charge in [0.1, 0.15) is 11.9 Å². The minimum Gasteiger partial charge on any atom is -0.453 e. The van der Waals surface area contributed by atoms with E-state index >= 15 is 0 Å². The van der Waals surface area contributed by atoms with E-state index in [2.05, 4.69) is 15.0 Å². The molecule has 1 amide bonds. The molecule has 2 heterocycles. The highest BCUT2D eigenvalue weighted by molar-refractivity contribution is 5.67. The summed E-state index contributed by atoms with van der Waals surface area (Å²) >= 11 is 0. The van der Waals surface area contributed by atoms with Crippen molar-refractivity contribution in [1.29, 1.82) is 5.26 Å². The number of carbonyl (C=O) groups is 1. The van der Waals surface area contributed by atoms with E-state index < -0.39 is 6.09 Å². The van der Waals surface area contributed by atoms with Crippen LogP contribution in [0.5, 0.6) is 0 Å². The largest absolute Gasteiger partial charge is 0.453 e. The Labute approximate surface area is 111 Å². The minimum absolute atomic E-state index is 0.0253. The second-order valence-corrected chi connectivity index (χ2v) is 4.29. The summed E-state index contributed by atoms with van der Waals surface area (Å²) in [6, 6.07) is 5.43. The molecule has 1 unspecified atom stereocenters. The van der Waals surface area contributed by atoms with Gasteiger partial charge in [0.25, 0.3) is 0 Å². The molecule has 3 N–H and O–H groups in total. The summed E-state index contributed by atoms with van der Waals surface area (Å²) in [4.78, 5) is 17.3. The normalized spacial score (nSPS) is 17.9. The molecule has 0 saturated carbocycles. The highest BCUT2D eigenvalue weighted by Gasteiger charge is 2.25. The number of nitrogens with two attached hydrogens (primary N) is 1. The number of methoxy groups -OCH3 is 1. The number of rotatable bonds is 2. The van der Waals surface area contributed by atoms with Gasteiger partial charge >= 0.3 is 6.09 Å². The van der Waals surface area contributed by atoms with Gasteiger partial charge in [-0.15, -0.1) is 0 Å². The number of aromatic nitrogens is 1. The number of hydrogen-bond acceptors (Lipinski definition) is 6. The first-order chi connectivity index (χ1) is 9.13. The molecular formula is C12H15N5O2. The molecule has 0 radical (unpaired) electrons. The Morgan fingerprint density at radius 3 is 3.16 bits per heavy atom. The van der Waals surface area contributed by atoms with E-state index in [-0.39, 0.29) is 11.7 Å². The van der Waals surface area contributed by atoms with Crippen LogP contribution in [0.2, 0.25) is 0 Å². The van der Waals surface area contributed by atoms with Gasteiger partial charge in [-0.3, -0.25) is 0 Å². The van der Waals surface area contributed by atoms with Gasteiger partial charge in [0.2, 0.25) is 0 Å². The Morgan fingerprint density at radius 1 is 1.68 bits per heavy atom. The van der Waals surface area contributed by atoms with Crippen LogP contribution in [0.3, 0.4) is 0 Å². The van der Waals surface area contributed by atoms with Crippen LogP contribution >= 0.6 is 0 Å². The first-order valence-electron chi connectivity index (χ1n) is 5.90. The summed E-state index contributed by atoms with van der Waals surface area (Å²) < 4.78 is 4.56. The van der Waals surface area contributed by atoms with Gasteiger partial charge in [-0.1, -0.05) is 0 Å². The molecule has 7 heteroatoms. The number of nitrogen functional groups attached to an aromatic ring is 1. The molecule has 1 aliphatic heterocycles. The Hall–Kier alpha value is -2.49. The number of nitrogens with zero attached hydrogens (tertiary/aromatic N) is 3. The molecule has 0 spiro atoms. The number of amides is 1. The molecule has 7 nitrogen and oxygen atoms in total. The number of alkyl carbamates (subject to hydrolysis) is 1. The lowest BCUT2D eigenvalue weighted by molar-refractivity contribution is 0.167. The molecule has 19 heavy (non-hydrogen) atoms. The maximum atomic E-state index is 11.1. The Balaban J connectivity index is 2.05. The number of hydrogen-bond donors (Lipinski definition) is 2. The van der Waals surface area contributed by atoms with Crippen LogP contribution in [0.1, 0.15) is 12.1 Å². The van der Waals surface area contributed by atoms with Crippen LogP contribution in [-0.2, 0) is 4.74 Å². The van der Waals surface area contributed by atoms with Crippen LogP contribution in [-0.4, -0.2) is 37.3 Å². The van der Waals surface area contributed by atoms with Crippen molar-refractivity contribution >= 4 is 17.6 Å². The second-order valence-electron chi connectivity index (χ2n) is 4.29. The van der Waals surface area contributed by atoms with E-state index in [4.69, 9.17) is 11.0 Å². The minimum atomic E-state index is -0.435. The number of ether oxygens (including phenoxy) is 1. The first kappa shape index (κ1) is 13.0. The molecule has 0 aromatic carbocycles. The van der Waals surface area contributed by atoms with Crippen molar-refractivity contribution in [2.24, 2.45) is 0 Å². The zero-order valence-electron chi connectivity index (χ0n) is 10.6. The second kappa shape index (κ2) is 5.44. The summed E-state index contributed by atoms with van der Waals surface area (Å²) in [5.41, 5.74) is 6.23. The van der Waals surface area contributed by atoms with Gasteiger partial charge in [0, 0.05) is 13.1 Å². The summed E-state index contributed by atoms with van der Waals surface area (Å²) in [7, 11) is 1.34. The fraction of sp³-hybridized carbons (Fsp3) is 0.417. The summed E-state index contributed by atoms with van der Waals surface area (Å²) in [5.74, 6) is 0.694. The zero-order chi connectivity index (χ0) is 13.8. The number of carbonyl (C=O) groups excluding carboxylic acids is 1. The molecule has 100 valence electrons. The molecule has 1 atom stereocenters. The fourth-order valence-corrected chi connectivity index (χ4v) is 2.04.